The number of thioether (sulfide) groups is 1. The molecule has 1 heterocycles. The van der Waals surface area contributed by atoms with Gasteiger partial charge < -0.3 is 15.3 Å². The van der Waals surface area contributed by atoms with Gasteiger partial charge in [-0.25, -0.2) is 9.59 Å². The number of aliphatic carboxylic acids is 1. The van der Waals surface area contributed by atoms with E-state index in [1.165, 1.54) is 24.2 Å². The molecule has 6 heteroatoms. The maximum atomic E-state index is 12.1. The Bertz CT molecular complexity index is 351. The second-order valence-corrected chi connectivity index (χ2v) is 6.74. The third-order valence-corrected chi connectivity index (χ3v) is 5.04. The summed E-state index contributed by atoms with van der Waals surface area (Å²) in [6, 6.07) is -0.895. The van der Waals surface area contributed by atoms with Gasteiger partial charge >= 0.3 is 12.0 Å². The molecule has 3 atom stereocenters. The molecule has 2 aliphatic rings. The molecule has 1 aliphatic heterocycles. The lowest BCUT2D eigenvalue weighted by molar-refractivity contribution is -0.141. The Kier molecular flexibility index (Phi) is 4.96. The highest BCUT2D eigenvalue weighted by Crippen LogP contribution is 2.29. The van der Waals surface area contributed by atoms with E-state index in [1.54, 1.807) is 11.8 Å². The molecule has 0 aromatic carbocycles. The van der Waals surface area contributed by atoms with Crippen LogP contribution in [0.1, 0.15) is 26.2 Å². The lowest BCUT2D eigenvalue weighted by Gasteiger charge is -2.32. The van der Waals surface area contributed by atoms with Crippen LogP contribution >= 0.6 is 11.8 Å². The van der Waals surface area contributed by atoms with Crippen LogP contribution in [0.5, 0.6) is 0 Å². The second kappa shape index (κ2) is 6.50. The maximum Gasteiger partial charge on any atom is 0.327 e. The standard InChI is InChI=1S/C13H22N2O3S/c1-9-2-3-10(6-9)7-14-13(18)15-4-5-19-8-11(15)12(16)17/h9-11H,2-8H2,1H3,(H,14,18)(H,16,17). The van der Waals surface area contributed by atoms with Gasteiger partial charge in [0.2, 0.25) is 0 Å². The molecule has 3 unspecified atom stereocenters. The van der Waals surface area contributed by atoms with Gasteiger partial charge in [-0.3, -0.25) is 0 Å². The number of carboxylic acid groups (broad SMARTS) is 1. The van der Waals surface area contributed by atoms with E-state index in [1.807, 2.05) is 0 Å². The maximum absolute atomic E-state index is 12.1. The van der Waals surface area contributed by atoms with Crippen LogP contribution in [0.15, 0.2) is 0 Å². The third kappa shape index (κ3) is 3.78. The van der Waals surface area contributed by atoms with Crippen LogP contribution in [-0.4, -0.2) is 52.6 Å². The van der Waals surface area contributed by atoms with E-state index >= 15 is 0 Å². The highest BCUT2D eigenvalue weighted by Gasteiger charge is 2.32. The van der Waals surface area contributed by atoms with Gasteiger partial charge in [0.1, 0.15) is 6.04 Å². The van der Waals surface area contributed by atoms with E-state index in [0.717, 1.165) is 11.7 Å². The van der Waals surface area contributed by atoms with Gasteiger partial charge in [-0.1, -0.05) is 13.3 Å². The highest BCUT2D eigenvalue weighted by atomic mass is 32.2. The van der Waals surface area contributed by atoms with Crippen LogP contribution in [0, 0.1) is 11.8 Å². The van der Waals surface area contributed by atoms with Crippen LogP contribution in [0.2, 0.25) is 0 Å². The SMILES string of the molecule is CC1CCC(CNC(=O)N2CCSCC2C(=O)O)C1. The van der Waals surface area contributed by atoms with Crippen LogP contribution in [0.25, 0.3) is 0 Å². The third-order valence-electron chi connectivity index (χ3n) is 4.02. The molecule has 0 aromatic rings. The number of carboxylic acids is 1. The quantitative estimate of drug-likeness (QED) is 0.827. The Labute approximate surface area is 118 Å². The van der Waals surface area contributed by atoms with Crippen LogP contribution < -0.4 is 5.32 Å². The van der Waals surface area contributed by atoms with E-state index in [-0.39, 0.29) is 6.03 Å². The van der Waals surface area contributed by atoms with Crippen molar-refractivity contribution >= 4 is 23.8 Å². The van der Waals surface area contributed by atoms with E-state index in [9.17, 15) is 9.59 Å². The number of carbonyl (C=O) groups is 2. The van der Waals surface area contributed by atoms with Crippen molar-refractivity contribution in [2.45, 2.75) is 32.2 Å². The first-order valence-corrected chi connectivity index (χ1v) is 8.08. The van der Waals surface area contributed by atoms with Gasteiger partial charge in [-0.05, 0) is 24.7 Å². The molecule has 0 bridgehead atoms. The van der Waals surface area contributed by atoms with Crippen molar-refractivity contribution in [2.75, 3.05) is 24.6 Å². The smallest absolute Gasteiger partial charge is 0.327 e. The molecule has 108 valence electrons. The van der Waals surface area contributed by atoms with Crippen molar-refractivity contribution in [3.05, 3.63) is 0 Å². The highest BCUT2D eigenvalue weighted by molar-refractivity contribution is 7.99. The van der Waals surface area contributed by atoms with Crippen LogP contribution in [0.3, 0.4) is 0 Å². The molecule has 1 saturated heterocycles. The Morgan fingerprint density at radius 3 is 2.84 bits per heavy atom. The number of hydrogen-bond donors (Lipinski definition) is 2. The zero-order valence-electron chi connectivity index (χ0n) is 11.3. The molecule has 19 heavy (non-hydrogen) atoms. The summed E-state index contributed by atoms with van der Waals surface area (Å²) in [6.07, 6.45) is 3.57. The van der Waals surface area contributed by atoms with Gasteiger partial charge in [-0.15, -0.1) is 0 Å². The number of nitrogens with one attached hydrogen (secondary N) is 1. The summed E-state index contributed by atoms with van der Waals surface area (Å²) in [5, 5.41) is 12.1. The summed E-state index contributed by atoms with van der Waals surface area (Å²) >= 11 is 1.59. The normalized spacial score (nSPS) is 31.2. The van der Waals surface area contributed by atoms with Crippen LogP contribution in [0.4, 0.5) is 4.79 Å². The van der Waals surface area contributed by atoms with E-state index in [0.29, 0.717) is 24.8 Å². The fraction of sp³-hybridized carbons (Fsp3) is 0.846. The summed E-state index contributed by atoms with van der Waals surface area (Å²) in [5.74, 6) is 1.71. The van der Waals surface area contributed by atoms with Gasteiger partial charge in [0.05, 0.1) is 0 Å². The molecule has 2 amide bonds. The van der Waals surface area contributed by atoms with Crippen molar-refractivity contribution in [2.24, 2.45) is 11.8 Å². The number of carbonyl (C=O) groups excluding carboxylic acids is 1. The Hall–Kier alpha value is -0.910. The topological polar surface area (TPSA) is 69.6 Å². The molecule has 0 radical (unpaired) electrons. The van der Waals surface area contributed by atoms with Gasteiger partial charge in [0.25, 0.3) is 0 Å². The fourth-order valence-electron chi connectivity index (χ4n) is 2.89. The molecule has 0 aromatic heterocycles. The van der Waals surface area contributed by atoms with Crippen molar-refractivity contribution in [1.82, 2.24) is 10.2 Å². The van der Waals surface area contributed by atoms with Crippen molar-refractivity contribution in [3.63, 3.8) is 0 Å². The Morgan fingerprint density at radius 2 is 2.21 bits per heavy atom. The van der Waals surface area contributed by atoms with Crippen LogP contribution in [-0.2, 0) is 4.79 Å². The van der Waals surface area contributed by atoms with Gasteiger partial charge in [-0.2, -0.15) is 11.8 Å². The second-order valence-electron chi connectivity index (χ2n) is 5.59. The summed E-state index contributed by atoms with van der Waals surface area (Å²) in [6.45, 7) is 3.44. The predicted octanol–water partition coefficient (Wildman–Crippen LogP) is 1.63. The molecular formula is C13H22N2O3S. The average Bonchev–Trinajstić information content (AvgIpc) is 2.81. The molecule has 2 fully saturated rings. The number of rotatable bonds is 3. The minimum absolute atomic E-state index is 0.216. The zero-order valence-corrected chi connectivity index (χ0v) is 12.1. The molecule has 1 aliphatic carbocycles. The van der Waals surface area contributed by atoms with E-state index < -0.39 is 12.0 Å². The number of nitrogens with zero attached hydrogens (tertiary/aromatic N) is 1. The molecule has 2 N–H and O–H groups in total. The minimum Gasteiger partial charge on any atom is -0.480 e. The monoisotopic (exact) mass is 286 g/mol. The summed E-state index contributed by atoms with van der Waals surface area (Å²) in [4.78, 5) is 24.7. The van der Waals surface area contributed by atoms with Crippen molar-refractivity contribution in [1.29, 1.82) is 0 Å². The summed E-state index contributed by atoms with van der Waals surface area (Å²) < 4.78 is 0. The first-order chi connectivity index (χ1) is 9.08. The van der Waals surface area contributed by atoms with E-state index in [4.69, 9.17) is 5.11 Å². The van der Waals surface area contributed by atoms with Gasteiger partial charge in [0, 0.05) is 24.6 Å². The molecular weight excluding hydrogens is 264 g/mol. The average molecular weight is 286 g/mol. The molecule has 0 spiro atoms. The summed E-state index contributed by atoms with van der Waals surface area (Å²) in [5.41, 5.74) is 0. The zero-order chi connectivity index (χ0) is 13.8. The van der Waals surface area contributed by atoms with Crippen molar-refractivity contribution < 1.29 is 14.7 Å². The first-order valence-electron chi connectivity index (χ1n) is 6.93. The predicted molar refractivity (Wildman–Crippen MR) is 75.4 cm³/mol. The fourth-order valence-corrected chi connectivity index (χ4v) is 3.93. The minimum atomic E-state index is -0.906. The molecule has 1 saturated carbocycles. The molecule has 5 nitrogen and oxygen atoms in total. The summed E-state index contributed by atoms with van der Waals surface area (Å²) in [7, 11) is 0. The Morgan fingerprint density at radius 1 is 1.42 bits per heavy atom. The largest absolute Gasteiger partial charge is 0.480 e. The first kappa shape index (κ1) is 14.5. The van der Waals surface area contributed by atoms with E-state index in [2.05, 4.69) is 12.2 Å². The van der Waals surface area contributed by atoms with Crippen molar-refractivity contribution in [3.8, 4) is 0 Å². The number of urea groups is 1. The Balaban J connectivity index is 1.82. The lowest BCUT2D eigenvalue weighted by Crippen LogP contribution is -2.54. The molecule has 2 rings (SSSR count). The van der Waals surface area contributed by atoms with Gasteiger partial charge in [0.15, 0.2) is 0 Å². The number of amides is 2. The number of hydrogen-bond acceptors (Lipinski definition) is 3. The lowest BCUT2D eigenvalue weighted by atomic mass is 10.1.